The minimum Gasteiger partial charge on any atom is -0.435 e. The van der Waals surface area contributed by atoms with E-state index >= 15 is 0 Å². The van der Waals surface area contributed by atoms with Crippen molar-refractivity contribution in [3.05, 3.63) is 65.7 Å². The van der Waals surface area contributed by atoms with Gasteiger partial charge in [-0.05, 0) is 30.2 Å². The molecule has 140 valence electrons. The van der Waals surface area contributed by atoms with Crippen LogP contribution in [-0.2, 0) is 6.54 Å². The summed E-state index contributed by atoms with van der Waals surface area (Å²) in [5.74, 6) is 0.648. The van der Waals surface area contributed by atoms with Crippen molar-refractivity contribution >= 4 is 5.96 Å². The first kappa shape index (κ1) is 19.7. The molecule has 26 heavy (non-hydrogen) atoms. The fraction of sp³-hybridized carbons (Fsp3) is 0.316. The second-order valence-corrected chi connectivity index (χ2v) is 5.53. The molecule has 1 atom stereocenters. The lowest BCUT2D eigenvalue weighted by atomic mass is 10.1. The molecule has 0 heterocycles. The van der Waals surface area contributed by atoms with Crippen LogP contribution < -0.4 is 15.4 Å². The normalized spacial score (nSPS) is 12.7. The van der Waals surface area contributed by atoms with E-state index < -0.39 is 12.7 Å². The highest BCUT2D eigenvalue weighted by atomic mass is 19.3. The minimum atomic E-state index is -2.86. The zero-order valence-corrected chi connectivity index (χ0v) is 14.5. The quantitative estimate of drug-likeness (QED) is 0.498. The van der Waals surface area contributed by atoms with Gasteiger partial charge in [0, 0.05) is 13.1 Å². The maximum absolute atomic E-state index is 12.2. The number of nitrogens with zero attached hydrogens (tertiary/aromatic N) is 1. The third kappa shape index (κ3) is 6.68. The Kier molecular flexibility index (Phi) is 7.82. The standard InChI is InChI=1S/C19H23F2N3O2/c1-2-22-19(23-12-14-6-4-3-5-7-14)24-13-17(25)15-8-10-16(11-9-15)26-18(20)21/h3-11,17-18,25H,2,12-13H2,1H3,(H2,22,23,24). The number of benzene rings is 2. The first-order valence-electron chi connectivity index (χ1n) is 8.37. The van der Waals surface area contributed by atoms with E-state index in [2.05, 4.69) is 20.4 Å². The monoisotopic (exact) mass is 363 g/mol. The molecular formula is C19H23F2N3O2. The van der Waals surface area contributed by atoms with Crippen LogP contribution in [0.3, 0.4) is 0 Å². The Bertz CT molecular complexity index is 679. The highest BCUT2D eigenvalue weighted by molar-refractivity contribution is 5.79. The van der Waals surface area contributed by atoms with Gasteiger partial charge in [0.15, 0.2) is 5.96 Å². The molecule has 7 heteroatoms. The molecule has 3 N–H and O–H groups in total. The number of aliphatic hydroxyl groups excluding tert-OH is 1. The second-order valence-electron chi connectivity index (χ2n) is 5.53. The molecule has 0 aliphatic carbocycles. The summed E-state index contributed by atoms with van der Waals surface area (Å²) < 4.78 is 28.6. The van der Waals surface area contributed by atoms with Crippen LogP contribution in [0.2, 0.25) is 0 Å². The van der Waals surface area contributed by atoms with Gasteiger partial charge < -0.3 is 20.5 Å². The fourth-order valence-corrected chi connectivity index (χ4v) is 2.28. The number of aliphatic imine (C=N–C) groups is 1. The molecule has 2 aromatic carbocycles. The Labute approximate surface area is 151 Å². The van der Waals surface area contributed by atoms with E-state index in [1.165, 1.54) is 12.1 Å². The highest BCUT2D eigenvalue weighted by Crippen LogP contribution is 2.18. The van der Waals surface area contributed by atoms with Crippen LogP contribution in [0.4, 0.5) is 8.78 Å². The Hall–Kier alpha value is -2.67. The Morgan fingerprint density at radius 3 is 2.38 bits per heavy atom. The maximum atomic E-state index is 12.2. The summed E-state index contributed by atoms with van der Waals surface area (Å²) >= 11 is 0. The molecule has 0 amide bonds. The molecule has 0 fully saturated rings. The fourth-order valence-electron chi connectivity index (χ4n) is 2.28. The van der Waals surface area contributed by atoms with Gasteiger partial charge in [0.25, 0.3) is 0 Å². The van der Waals surface area contributed by atoms with Crippen LogP contribution in [0.5, 0.6) is 5.75 Å². The van der Waals surface area contributed by atoms with Crippen LogP contribution in [0.1, 0.15) is 24.2 Å². The zero-order chi connectivity index (χ0) is 18.8. The van der Waals surface area contributed by atoms with Crippen molar-refractivity contribution in [2.45, 2.75) is 26.2 Å². The van der Waals surface area contributed by atoms with Gasteiger partial charge in [-0.25, -0.2) is 4.99 Å². The van der Waals surface area contributed by atoms with Crippen molar-refractivity contribution < 1.29 is 18.6 Å². The molecule has 0 aromatic heterocycles. The summed E-state index contributed by atoms with van der Waals surface area (Å²) in [7, 11) is 0. The lowest BCUT2D eigenvalue weighted by Gasteiger charge is -2.16. The highest BCUT2D eigenvalue weighted by Gasteiger charge is 2.10. The van der Waals surface area contributed by atoms with E-state index in [-0.39, 0.29) is 12.3 Å². The molecule has 0 bridgehead atoms. The lowest BCUT2D eigenvalue weighted by molar-refractivity contribution is -0.0498. The van der Waals surface area contributed by atoms with Gasteiger partial charge in [-0.1, -0.05) is 42.5 Å². The molecule has 1 unspecified atom stereocenters. The number of aliphatic hydroxyl groups is 1. The van der Waals surface area contributed by atoms with Crippen LogP contribution in [-0.4, -0.2) is 30.8 Å². The van der Waals surface area contributed by atoms with Gasteiger partial charge in [-0.2, -0.15) is 8.78 Å². The smallest absolute Gasteiger partial charge is 0.387 e. The molecule has 2 rings (SSSR count). The largest absolute Gasteiger partial charge is 0.435 e. The topological polar surface area (TPSA) is 65.9 Å². The second kappa shape index (κ2) is 10.4. The molecule has 0 aliphatic rings. The third-order valence-corrected chi connectivity index (χ3v) is 3.56. The minimum absolute atomic E-state index is 0.0571. The van der Waals surface area contributed by atoms with Crippen molar-refractivity contribution in [3.8, 4) is 5.75 Å². The molecule has 0 aliphatic heterocycles. The number of rotatable bonds is 8. The van der Waals surface area contributed by atoms with Gasteiger partial charge in [0.05, 0.1) is 12.6 Å². The van der Waals surface area contributed by atoms with Crippen LogP contribution >= 0.6 is 0 Å². The Morgan fingerprint density at radius 1 is 1.08 bits per heavy atom. The van der Waals surface area contributed by atoms with E-state index in [4.69, 9.17) is 0 Å². The molecule has 2 aromatic rings. The van der Waals surface area contributed by atoms with Crippen molar-refractivity contribution in [3.63, 3.8) is 0 Å². The van der Waals surface area contributed by atoms with E-state index in [1.807, 2.05) is 37.3 Å². The third-order valence-electron chi connectivity index (χ3n) is 3.56. The van der Waals surface area contributed by atoms with E-state index in [1.54, 1.807) is 12.1 Å². The van der Waals surface area contributed by atoms with Crippen molar-refractivity contribution in [2.75, 3.05) is 13.1 Å². The van der Waals surface area contributed by atoms with E-state index in [0.29, 0.717) is 24.6 Å². The molecular weight excluding hydrogens is 340 g/mol. The van der Waals surface area contributed by atoms with E-state index in [0.717, 1.165) is 5.56 Å². The first-order valence-corrected chi connectivity index (χ1v) is 8.37. The summed E-state index contributed by atoms with van der Waals surface area (Å²) in [6.07, 6.45) is -0.809. The lowest BCUT2D eigenvalue weighted by Crippen LogP contribution is -2.39. The molecule has 0 radical (unpaired) electrons. The van der Waals surface area contributed by atoms with Gasteiger partial charge in [-0.3, -0.25) is 0 Å². The van der Waals surface area contributed by atoms with Gasteiger partial charge in [0.2, 0.25) is 0 Å². The summed E-state index contributed by atoms with van der Waals surface area (Å²) in [5, 5.41) is 16.4. The molecule has 0 spiro atoms. The summed E-state index contributed by atoms with van der Waals surface area (Å²) in [6, 6.07) is 15.8. The van der Waals surface area contributed by atoms with Crippen molar-refractivity contribution in [1.82, 2.24) is 10.6 Å². The first-order chi connectivity index (χ1) is 12.6. The van der Waals surface area contributed by atoms with Gasteiger partial charge >= 0.3 is 6.61 Å². The Morgan fingerprint density at radius 2 is 1.77 bits per heavy atom. The number of halogens is 2. The predicted octanol–water partition coefficient (Wildman–Crippen LogP) is 3.08. The van der Waals surface area contributed by atoms with Crippen LogP contribution in [0.25, 0.3) is 0 Å². The van der Waals surface area contributed by atoms with E-state index in [9.17, 15) is 13.9 Å². The number of nitrogens with one attached hydrogen (secondary N) is 2. The molecule has 0 saturated carbocycles. The number of alkyl halides is 2. The summed E-state index contributed by atoms with van der Waals surface area (Å²) in [5.41, 5.74) is 1.68. The SMILES string of the molecule is CCNC(=NCc1ccccc1)NCC(O)c1ccc(OC(F)F)cc1. The van der Waals surface area contributed by atoms with Gasteiger partial charge in [0.1, 0.15) is 5.75 Å². The Balaban J connectivity index is 1.90. The summed E-state index contributed by atoms with van der Waals surface area (Å²) in [4.78, 5) is 4.48. The van der Waals surface area contributed by atoms with Crippen LogP contribution in [0.15, 0.2) is 59.6 Å². The maximum Gasteiger partial charge on any atom is 0.387 e. The zero-order valence-electron chi connectivity index (χ0n) is 14.5. The van der Waals surface area contributed by atoms with Crippen LogP contribution in [0, 0.1) is 0 Å². The number of hydrogen-bond donors (Lipinski definition) is 3. The van der Waals surface area contributed by atoms with Crippen molar-refractivity contribution in [1.29, 1.82) is 0 Å². The molecule has 0 saturated heterocycles. The average Bonchev–Trinajstić information content (AvgIpc) is 2.64. The number of ether oxygens (including phenoxy) is 1. The van der Waals surface area contributed by atoms with Crippen molar-refractivity contribution in [2.24, 2.45) is 4.99 Å². The average molecular weight is 363 g/mol. The number of guanidine groups is 1. The predicted molar refractivity (Wildman–Crippen MR) is 97.3 cm³/mol. The summed E-state index contributed by atoms with van der Waals surface area (Å²) in [6.45, 7) is 0.534. The van der Waals surface area contributed by atoms with Gasteiger partial charge in [-0.15, -0.1) is 0 Å². The number of hydrogen-bond acceptors (Lipinski definition) is 3. The molecule has 5 nitrogen and oxygen atoms in total.